The number of aliphatic carboxylic acids is 1. The van der Waals surface area contributed by atoms with E-state index in [1.54, 1.807) is 25.1 Å². The molecule has 1 amide bonds. The van der Waals surface area contributed by atoms with Crippen LogP contribution in [0.5, 0.6) is 5.75 Å². The van der Waals surface area contributed by atoms with E-state index in [0.29, 0.717) is 22.6 Å². The van der Waals surface area contributed by atoms with Crippen molar-refractivity contribution in [2.75, 3.05) is 7.11 Å². The highest BCUT2D eigenvalue weighted by Crippen LogP contribution is 2.21. The van der Waals surface area contributed by atoms with Gasteiger partial charge in [0.05, 0.1) is 25.7 Å². The van der Waals surface area contributed by atoms with Crippen LogP contribution in [0.4, 0.5) is 0 Å². The van der Waals surface area contributed by atoms with E-state index < -0.39 is 5.97 Å². The van der Waals surface area contributed by atoms with Crippen LogP contribution in [0.2, 0.25) is 0 Å². The maximum absolute atomic E-state index is 11.9. The third-order valence-electron chi connectivity index (χ3n) is 3.37. The average Bonchev–Trinajstić information content (AvgIpc) is 2.96. The molecule has 0 fully saturated rings. The number of aromatic nitrogens is 1. The second-order valence-corrected chi connectivity index (χ2v) is 6.33. The van der Waals surface area contributed by atoms with Crippen LogP contribution in [0, 0.1) is 6.92 Å². The number of ether oxygens (including phenoxy) is 1. The number of amides is 1. The van der Waals surface area contributed by atoms with Gasteiger partial charge in [-0.25, -0.2) is 10.4 Å². The Hall–Kier alpha value is -2.74. The quantitative estimate of drug-likeness (QED) is 0.581. The van der Waals surface area contributed by atoms with E-state index in [9.17, 15) is 9.59 Å². The Morgan fingerprint density at radius 2 is 2.12 bits per heavy atom. The largest absolute Gasteiger partial charge is 0.496 e. The molecule has 2 rings (SSSR count). The fraction of sp³-hybridized carbons (Fsp3) is 0.294. The maximum atomic E-state index is 11.9. The number of methoxy groups -OCH3 is 1. The Bertz CT molecular complexity index is 814. The van der Waals surface area contributed by atoms with Gasteiger partial charge in [0.2, 0.25) is 5.91 Å². The molecule has 0 atom stereocenters. The molecule has 0 unspecified atom stereocenters. The van der Waals surface area contributed by atoms with Gasteiger partial charge in [-0.05, 0) is 37.6 Å². The van der Waals surface area contributed by atoms with E-state index in [1.165, 1.54) is 18.4 Å². The zero-order valence-corrected chi connectivity index (χ0v) is 15.0. The van der Waals surface area contributed by atoms with E-state index in [1.807, 2.05) is 12.3 Å². The van der Waals surface area contributed by atoms with Gasteiger partial charge in [0, 0.05) is 16.6 Å². The van der Waals surface area contributed by atoms with E-state index >= 15 is 0 Å². The first kappa shape index (κ1) is 18.6. The first-order valence-electron chi connectivity index (χ1n) is 7.52. The average molecular weight is 361 g/mol. The van der Waals surface area contributed by atoms with Gasteiger partial charge in [-0.2, -0.15) is 5.10 Å². The van der Waals surface area contributed by atoms with Crippen LogP contribution in [-0.2, 0) is 22.4 Å². The summed E-state index contributed by atoms with van der Waals surface area (Å²) in [4.78, 5) is 27.1. The van der Waals surface area contributed by atoms with Gasteiger partial charge in [-0.15, -0.1) is 11.3 Å². The lowest BCUT2D eigenvalue weighted by atomic mass is 10.0. The van der Waals surface area contributed by atoms with Crippen LogP contribution < -0.4 is 10.2 Å². The van der Waals surface area contributed by atoms with Gasteiger partial charge in [0.15, 0.2) is 0 Å². The summed E-state index contributed by atoms with van der Waals surface area (Å²) in [5.74, 6) is -0.702. The number of aryl methyl sites for hydroxylation is 1. The molecular formula is C17H19N3O4S. The monoisotopic (exact) mass is 361 g/mol. The highest BCUT2D eigenvalue weighted by atomic mass is 32.1. The van der Waals surface area contributed by atoms with Gasteiger partial charge < -0.3 is 9.84 Å². The van der Waals surface area contributed by atoms with Gasteiger partial charge >= 0.3 is 5.97 Å². The van der Waals surface area contributed by atoms with Crippen LogP contribution >= 0.6 is 11.3 Å². The summed E-state index contributed by atoms with van der Waals surface area (Å²) in [5, 5.41) is 15.7. The molecule has 0 radical (unpaired) electrons. The van der Waals surface area contributed by atoms with Crippen molar-refractivity contribution in [1.29, 1.82) is 0 Å². The molecule has 25 heavy (non-hydrogen) atoms. The van der Waals surface area contributed by atoms with Crippen LogP contribution in [0.3, 0.4) is 0 Å². The number of hydrogen-bond acceptors (Lipinski definition) is 6. The zero-order chi connectivity index (χ0) is 18.4. The first-order chi connectivity index (χ1) is 11.9. The number of thiazole rings is 1. The predicted octanol–water partition coefficient (Wildman–Crippen LogP) is 2.17. The number of rotatable bonds is 7. The molecular weight excluding hydrogens is 342 g/mol. The molecule has 0 spiro atoms. The summed E-state index contributed by atoms with van der Waals surface area (Å²) >= 11 is 1.43. The Morgan fingerprint density at radius 3 is 2.72 bits per heavy atom. The molecule has 1 aromatic carbocycles. The van der Waals surface area contributed by atoms with Crippen molar-refractivity contribution in [2.45, 2.75) is 26.7 Å². The molecule has 0 saturated carbocycles. The lowest BCUT2D eigenvalue weighted by Crippen LogP contribution is -2.21. The number of carboxylic acids is 1. The summed E-state index contributed by atoms with van der Waals surface area (Å²) in [5.41, 5.74) is 5.21. The maximum Gasteiger partial charge on any atom is 0.307 e. The number of carbonyl (C=O) groups is 2. The molecule has 8 heteroatoms. The number of nitrogens with one attached hydrogen (secondary N) is 1. The number of carboxylic acid groups (broad SMARTS) is 1. The molecule has 0 bridgehead atoms. The predicted molar refractivity (Wildman–Crippen MR) is 95.2 cm³/mol. The number of hydrazone groups is 1. The zero-order valence-electron chi connectivity index (χ0n) is 14.2. The normalized spacial score (nSPS) is 11.2. The Labute approximate surface area is 149 Å². The minimum Gasteiger partial charge on any atom is -0.496 e. The molecule has 2 N–H and O–H groups in total. The van der Waals surface area contributed by atoms with E-state index in [2.05, 4.69) is 15.5 Å². The summed E-state index contributed by atoms with van der Waals surface area (Å²) in [6.07, 6.45) is 0.0161. The number of hydrogen-bond donors (Lipinski definition) is 2. The van der Waals surface area contributed by atoms with Crippen LogP contribution in [0.15, 0.2) is 28.7 Å². The molecule has 2 aromatic rings. The second-order valence-electron chi connectivity index (χ2n) is 5.39. The summed E-state index contributed by atoms with van der Waals surface area (Å²) < 4.78 is 5.17. The second kappa shape index (κ2) is 8.39. The summed E-state index contributed by atoms with van der Waals surface area (Å²) in [7, 11) is 1.49. The van der Waals surface area contributed by atoms with Gasteiger partial charge in [-0.1, -0.05) is 0 Å². The van der Waals surface area contributed by atoms with Crippen molar-refractivity contribution in [3.63, 3.8) is 0 Å². The first-order valence-corrected chi connectivity index (χ1v) is 8.40. The SMILES string of the molecule is COc1ccc(/C(C)=N\NC(=O)Cc2nc(C)cs2)cc1CC(=O)O. The van der Waals surface area contributed by atoms with Crippen molar-refractivity contribution >= 4 is 28.9 Å². The number of nitrogens with zero attached hydrogens (tertiary/aromatic N) is 2. The Kier molecular flexibility index (Phi) is 6.24. The molecule has 1 aromatic heterocycles. The fourth-order valence-corrected chi connectivity index (χ4v) is 2.95. The fourth-order valence-electron chi connectivity index (χ4n) is 2.18. The van der Waals surface area contributed by atoms with Gasteiger partial charge in [0.1, 0.15) is 10.8 Å². The topological polar surface area (TPSA) is 101 Å². The van der Waals surface area contributed by atoms with Crippen molar-refractivity contribution in [3.8, 4) is 5.75 Å². The Morgan fingerprint density at radius 1 is 1.36 bits per heavy atom. The molecule has 0 aliphatic heterocycles. The van der Waals surface area contributed by atoms with Crippen LogP contribution in [0.1, 0.15) is 28.8 Å². The van der Waals surface area contributed by atoms with Crippen molar-refractivity contribution in [1.82, 2.24) is 10.4 Å². The molecule has 132 valence electrons. The molecule has 0 saturated heterocycles. The number of benzene rings is 1. The Balaban J connectivity index is 2.07. The van der Waals surface area contributed by atoms with Crippen molar-refractivity contribution < 1.29 is 19.4 Å². The molecule has 7 nitrogen and oxygen atoms in total. The molecule has 1 heterocycles. The summed E-state index contributed by atoms with van der Waals surface area (Å²) in [6, 6.07) is 5.15. The highest BCUT2D eigenvalue weighted by Gasteiger charge is 2.11. The lowest BCUT2D eigenvalue weighted by molar-refractivity contribution is -0.136. The highest BCUT2D eigenvalue weighted by molar-refractivity contribution is 7.09. The van der Waals surface area contributed by atoms with Crippen molar-refractivity contribution in [2.24, 2.45) is 5.10 Å². The third-order valence-corrected chi connectivity index (χ3v) is 4.33. The number of carbonyl (C=O) groups excluding carboxylic acids is 1. The third kappa shape index (κ3) is 5.39. The standard InChI is InChI=1S/C17H19N3O4S/c1-10-9-25-16(18-10)8-15(21)20-19-11(2)12-4-5-14(24-3)13(6-12)7-17(22)23/h4-6,9H,7-8H2,1-3H3,(H,20,21)(H,22,23)/b19-11-. The van der Waals surface area contributed by atoms with E-state index in [4.69, 9.17) is 9.84 Å². The lowest BCUT2D eigenvalue weighted by Gasteiger charge is -2.09. The van der Waals surface area contributed by atoms with E-state index in [0.717, 1.165) is 10.7 Å². The van der Waals surface area contributed by atoms with Gasteiger partial charge in [0.25, 0.3) is 0 Å². The van der Waals surface area contributed by atoms with E-state index in [-0.39, 0.29) is 18.7 Å². The van der Waals surface area contributed by atoms with Crippen LogP contribution in [-0.4, -0.2) is 34.8 Å². The smallest absolute Gasteiger partial charge is 0.307 e. The minimum atomic E-state index is -0.947. The molecule has 0 aliphatic rings. The van der Waals surface area contributed by atoms with Crippen molar-refractivity contribution in [3.05, 3.63) is 45.4 Å². The minimum absolute atomic E-state index is 0.153. The van der Waals surface area contributed by atoms with Crippen LogP contribution in [0.25, 0.3) is 0 Å². The van der Waals surface area contributed by atoms with Gasteiger partial charge in [-0.3, -0.25) is 9.59 Å². The molecule has 0 aliphatic carbocycles. The summed E-state index contributed by atoms with van der Waals surface area (Å²) in [6.45, 7) is 3.61.